The van der Waals surface area contributed by atoms with Crippen LogP contribution in [0.1, 0.15) is 41.5 Å². The van der Waals surface area contributed by atoms with Gasteiger partial charge in [-0.05, 0) is 13.8 Å². The Morgan fingerprint density at radius 1 is 1.09 bits per heavy atom. The Bertz CT molecular complexity index is 75.6. The summed E-state index contributed by atoms with van der Waals surface area (Å²) in [5.74, 6) is 0. The Kier molecular flexibility index (Phi) is 52.5. The topological polar surface area (TPSA) is 24.7 Å². The third-order valence-electron chi connectivity index (χ3n) is 0.480. The first-order valence-corrected chi connectivity index (χ1v) is 4.38. The first-order chi connectivity index (χ1) is 5.41. The van der Waals surface area contributed by atoms with Crippen molar-refractivity contribution in [2.75, 3.05) is 6.54 Å². The minimum atomic E-state index is 0.817. The second-order valence-electron chi connectivity index (χ2n) is 1.02. The van der Waals surface area contributed by atoms with Crippen molar-refractivity contribution < 1.29 is 0 Å². The summed E-state index contributed by atoms with van der Waals surface area (Å²) in [5, 5.41) is 0. The summed E-state index contributed by atoms with van der Waals surface area (Å²) in [5.41, 5.74) is 0. The van der Waals surface area contributed by atoms with Gasteiger partial charge in [-0.3, -0.25) is 4.99 Å². The molecule has 0 radical (unpaired) electrons. The van der Waals surface area contributed by atoms with Crippen LogP contribution in [0.25, 0.3) is 0 Å². The summed E-state index contributed by atoms with van der Waals surface area (Å²) in [7, 11) is 0. The molecule has 2 heteroatoms. The van der Waals surface area contributed by atoms with E-state index in [2.05, 4.69) is 9.98 Å². The highest BCUT2D eigenvalue weighted by Crippen LogP contribution is 1.62. The van der Waals surface area contributed by atoms with Crippen LogP contribution in [0.15, 0.2) is 9.98 Å². The average Bonchev–Trinajstić information content (AvgIpc) is 2.13. The molecule has 0 aliphatic rings. The lowest BCUT2D eigenvalue weighted by atomic mass is 10.8. The summed E-state index contributed by atoms with van der Waals surface area (Å²) >= 11 is 0. The second-order valence-corrected chi connectivity index (χ2v) is 1.02. The Morgan fingerprint density at radius 2 is 1.55 bits per heavy atom. The van der Waals surface area contributed by atoms with Crippen LogP contribution in [0.3, 0.4) is 0 Å². The maximum atomic E-state index is 3.84. The quantitative estimate of drug-likeness (QED) is 0.435. The summed E-state index contributed by atoms with van der Waals surface area (Å²) in [6.45, 7) is 12.7. The van der Waals surface area contributed by atoms with Gasteiger partial charge in [0.15, 0.2) is 0 Å². The fourth-order valence-electron chi connectivity index (χ4n) is 0.195. The van der Waals surface area contributed by atoms with Gasteiger partial charge in [0.2, 0.25) is 0 Å². The van der Waals surface area contributed by atoms with Gasteiger partial charge in [0.25, 0.3) is 0 Å². The van der Waals surface area contributed by atoms with Gasteiger partial charge in [0.1, 0.15) is 6.34 Å². The van der Waals surface area contributed by atoms with E-state index in [1.807, 2.05) is 41.5 Å². The molecule has 0 aliphatic heterocycles. The first kappa shape index (κ1) is 16.7. The molecule has 0 saturated heterocycles. The van der Waals surface area contributed by atoms with E-state index >= 15 is 0 Å². The molecule has 2 nitrogen and oxygen atoms in total. The lowest BCUT2D eigenvalue weighted by Crippen LogP contribution is -1.68. The van der Waals surface area contributed by atoms with Crippen LogP contribution in [-0.4, -0.2) is 19.1 Å². The van der Waals surface area contributed by atoms with Crippen LogP contribution in [-0.2, 0) is 0 Å². The highest BCUT2D eigenvalue weighted by molar-refractivity contribution is 5.70. The Hall–Kier alpha value is -0.660. The molecule has 11 heavy (non-hydrogen) atoms. The molecule has 0 saturated carbocycles. The van der Waals surface area contributed by atoms with Gasteiger partial charge in [-0.1, -0.05) is 27.7 Å². The highest BCUT2D eigenvalue weighted by atomic mass is 14.8. The lowest BCUT2D eigenvalue weighted by Gasteiger charge is -1.72. The van der Waals surface area contributed by atoms with Gasteiger partial charge in [-0.25, -0.2) is 4.99 Å². The van der Waals surface area contributed by atoms with Crippen LogP contribution >= 0.6 is 0 Å². The Labute approximate surface area is 71.5 Å². The SMILES string of the molecule is CC.CC.CC=NC=NCC. The molecule has 68 valence electrons. The molecule has 0 bridgehead atoms. The van der Waals surface area contributed by atoms with E-state index in [0.29, 0.717) is 0 Å². The maximum Gasteiger partial charge on any atom is 0.109 e. The van der Waals surface area contributed by atoms with Crippen LogP contribution in [0, 0.1) is 0 Å². The van der Waals surface area contributed by atoms with Crippen molar-refractivity contribution >= 4 is 12.6 Å². The molecular formula is C9H22N2. The number of nitrogens with zero attached hydrogens (tertiary/aromatic N) is 2. The number of aliphatic imine (C=N–C) groups is 2. The third kappa shape index (κ3) is 45.1. The third-order valence-corrected chi connectivity index (χ3v) is 0.480. The minimum absolute atomic E-state index is 0.817. The Balaban J connectivity index is -0.000000138. The standard InChI is InChI=1S/C5H10N2.2C2H6/c1-3-6-5-7-4-2;2*1-2/h3,5H,4H2,1-2H3;2*1-2H3. The fourth-order valence-corrected chi connectivity index (χ4v) is 0.195. The van der Waals surface area contributed by atoms with Crippen molar-refractivity contribution in [2.24, 2.45) is 9.98 Å². The molecule has 0 unspecified atom stereocenters. The largest absolute Gasteiger partial charge is 0.274 e. The van der Waals surface area contributed by atoms with Crippen LogP contribution in [0.2, 0.25) is 0 Å². The van der Waals surface area contributed by atoms with Crippen molar-refractivity contribution in [1.82, 2.24) is 0 Å². The zero-order valence-electron chi connectivity index (χ0n) is 8.76. The zero-order valence-corrected chi connectivity index (χ0v) is 8.76. The molecule has 0 aliphatic carbocycles. The van der Waals surface area contributed by atoms with E-state index in [1.165, 1.54) is 0 Å². The first-order valence-electron chi connectivity index (χ1n) is 4.38. The summed E-state index contributed by atoms with van der Waals surface area (Å²) in [4.78, 5) is 7.58. The molecule has 0 amide bonds. The lowest BCUT2D eigenvalue weighted by molar-refractivity contribution is 1.14. The maximum absolute atomic E-state index is 3.84. The monoisotopic (exact) mass is 158 g/mol. The summed E-state index contributed by atoms with van der Waals surface area (Å²) in [6, 6.07) is 0. The molecular weight excluding hydrogens is 136 g/mol. The number of rotatable bonds is 2. The predicted molar refractivity (Wildman–Crippen MR) is 55.9 cm³/mol. The molecule has 0 N–H and O–H groups in total. The molecule has 0 aromatic rings. The minimum Gasteiger partial charge on any atom is -0.274 e. The van der Waals surface area contributed by atoms with Crippen LogP contribution in [0.4, 0.5) is 0 Å². The van der Waals surface area contributed by atoms with Gasteiger partial charge in [0, 0.05) is 12.8 Å². The van der Waals surface area contributed by atoms with E-state index in [1.54, 1.807) is 12.6 Å². The van der Waals surface area contributed by atoms with Gasteiger partial charge >= 0.3 is 0 Å². The predicted octanol–water partition coefficient (Wildman–Crippen LogP) is 3.18. The molecule has 0 spiro atoms. The molecule has 0 atom stereocenters. The molecule has 0 aromatic heterocycles. The molecule has 0 rings (SSSR count). The van der Waals surface area contributed by atoms with E-state index < -0.39 is 0 Å². The zero-order chi connectivity index (χ0) is 9.54. The van der Waals surface area contributed by atoms with Crippen molar-refractivity contribution in [3.05, 3.63) is 0 Å². The van der Waals surface area contributed by atoms with E-state index in [0.717, 1.165) is 6.54 Å². The molecule has 0 aromatic carbocycles. The van der Waals surface area contributed by atoms with Gasteiger partial charge < -0.3 is 0 Å². The van der Waals surface area contributed by atoms with Crippen molar-refractivity contribution in [3.63, 3.8) is 0 Å². The summed E-state index contributed by atoms with van der Waals surface area (Å²) in [6.07, 6.45) is 3.26. The second kappa shape index (κ2) is 34.5. The number of hydrogen-bond donors (Lipinski definition) is 0. The van der Waals surface area contributed by atoms with Crippen molar-refractivity contribution in [1.29, 1.82) is 0 Å². The highest BCUT2D eigenvalue weighted by Gasteiger charge is 1.57. The fraction of sp³-hybridized carbons (Fsp3) is 0.778. The van der Waals surface area contributed by atoms with Crippen LogP contribution in [0.5, 0.6) is 0 Å². The van der Waals surface area contributed by atoms with Crippen molar-refractivity contribution in [3.8, 4) is 0 Å². The van der Waals surface area contributed by atoms with Crippen molar-refractivity contribution in [2.45, 2.75) is 41.5 Å². The normalized spacial score (nSPS) is 8.55. The molecule has 0 fully saturated rings. The van der Waals surface area contributed by atoms with E-state index in [-0.39, 0.29) is 0 Å². The van der Waals surface area contributed by atoms with Crippen LogP contribution < -0.4 is 0 Å². The van der Waals surface area contributed by atoms with Gasteiger partial charge in [-0.2, -0.15) is 0 Å². The van der Waals surface area contributed by atoms with E-state index in [4.69, 9.17) is 0 Å². The molecule has 0 heterocycles. The average molecular weight is 158 g/mol. The smallest absolute Gasteiger partial charge is 0.109 e. The van der Waals surface area contributed by atoms with Gasteiger partial charge in [0.05, 0.1) is 0 Å². The Morgan fingerprint density at radius 3 is 1.82 bits per heavy atom. The van der Waals surface area contributed by atoms with E-state index in [9.17, 15) is 0 Å². The summed E-state index contributed by atoms with van der Waals surface area (Å²) < 4.78 is 0. The number of hydrogen-bond acceptors (Lipinski definition) is 1. The van der Waals surface area contributed by atoms with Gasteiger partial charge in [-0.15, -0.1) is 0 Å².